The standard InChI is InChI=1S/C14H12ClN3O3/c1-7-8(3-4-20-7)13-17-14(21-18-13)9-5-10(15)11(16)6-12(9)19-2/h3-6H,16H2,1-2H3. The van der Waals surface area contributed by atoms with Crippen molar-refractivity contribution in [2.75, 3.05) is 12.8 Å². The highest BCUT2D eigenvalue weighted by Gasteiger charge is 2.18. The summed E-state index contributed by atoms with van der Waals surface area (Å²) in [5, 5.41) is 4.34. The summed E-state index contributed by atoms with van der Waals surface area (Å²) in [7, 11) is 1.53. The minimum atomic E-state index is 0.296. The Hall–Kier alpha value is -2.47. The van der Waals surface area contributed by atoms with Gasteiger partial charge in [-0.2, -0.15) is 4.98 Å². The third kappa shape index (κ3) is 2.34. The molecule has 0 atom stereocenters. The lowest BCUT2D eigenvalue weighted by molar-refractivity contribution is 0.405. The SMILES string of the molecule is COc1cc(N)c(Cl)cc1-c1nc(-c2ccoc2C)no1. The van der Waals surface area contributed by atoms with Gasteiger partial charge in [-0.1, -0.05) is 16.8 Å². The maximum Gasteiger partial charge on any atom is 0.262 e. The van der Waals surface area contributed by atoms with Gasteiger partial charge in [0.2, 0.25) is 5.82 Å². The molecule has 2 N–H and O–H groups in total. The van der Waals surface area contributed by atoms with E-state index in [1.54, 1.807) is 24.5 Å². The molecule has 0 amide bonds. The van der Waals surface area contributed by atoms with Gasteiger partial charge in [-0.05, 0) is 19.1 Å². The fourth-order valence-corrected chi connectivity index (χ4v) is 2.13. The molecule has 21 heavy (non-hydrogen) atoms. The largest absolute Gasteiger partial charge is 0.496 e. The molecule has 0 bridgehead atoms. The Balaban J connectivity index is 2.08. The molecule has 0 saturated heterocycles. The average Bonchev–Trinajstić information content (AvgIpc) is 3.09. The molecule has 0 unspecified atom stereocenters. The molecule has 0 saturated carbocycles. The Labute approximate surface area is 125 Å². The van der Waals surface area contributed by atoms with Crippen molar-refractivity contribution in [1.29, 1.82) is 0 Å². The van der Waals surface area contributed by atoms with Crippen molar-refractivity contribution < 1.29 is 13.7 Å². The number of halogens is 1. The zero-order valence-electron chi connectivity index (χ0n) is 11.4. The van der Waals surface area contributed by atoms with Crippen LogP contribution in [0.15, 0.2) is 33.4 Å². The maximum absolute atomic E-state index is 6.04. The monoisotopic (exact) mass is 305 g/mol. The molecule has 3 aromatic rings. The van der Waals surface area contributed by atoms with Crippen LogP contribution in [0.5, 0.6) is 5.75 Å². The second-order valence-electron chi connectivity index (χ2n) is 4.39. The quantitative estimate of drug-likeness (QED) is 0.744. The molecule has 0 aliphatic carbocycles. The van der Waals surface area contributed by atoms with E-state index in [4.69, 9.17) is 31.0 Å². The van der Waals surface area contributed by atoms with E-state index in [0.717, 1.165) is 5.56 Å². The molecule has 0 aliphatic rings. The number of hydrogen-bond acceptors (Lipinski definition) is 6. The second kappa shape index (κ2) is 5.14. The first-order valence-electron chi connectivity index (χ1n) is 6.11. The van der Waals surface area contributed by atoms with Crippen molar-refractivity contribution in [3.05, 3.63) is 35.2 Å². The molecular formula is C14H12ClN3O3. The van der Waals surface area contributed by atoms with Gasteiger partial charge in [-0.25, -0.2) is 0 Å². The van der Waals surface area contributed by atoms with Crippen LogP contribution >= 0.6 is 11.6 Å². The number of anilines is 1. The topological polar surface area (TPSA) is 87.3 Å². The van der Waals surface area contributed by atoms with E-state index >= 15 is 0 Å². The first kappa shape index (κ1) is 13.5. The zero-order valence-corrected chi connectivity index (χ0v) is 12.1. The second-order valence-corrected chi connectivity index (χ2v) is 4.79. The number of nitrogens with two attached hydrogens (primary N) is 1. The molecule has 0 aliphatic heterocycles. The lowest BCUT2D eigenvalue weighted by Gasteiger charge is -2.07. The number of aryl methyl sites for hydroxylation is 1. The van der Waals surface area contributed by atoms with Gasteiger partial charge in [0.25, 0.3) is 5.89 Å². The zero-order chi connectivity index (χ0) is 15.0. The smallest absolute Gasteiger partial charge is 0.262 e. The number of furan rings is 1. The van der Waals surface area contributed by atoms with Crippen molar-refractivity contribution >= 4 is 17.3 Å². The minimum Gasteiger partial charge on any atom is -0.496 e. The van der Waals surface area contributed by atoms with Gasteiger partial charge >= 0.3 is 0 Å². The van der Waals surface area contributed by atoms with E-state index < -0.39 is 0 Å². The summed E-state index contributed by atoms with van der Waals surface area (Å²) in [6, 6.07) is 5.02. The van der Waals surface area contributed by atoms with Crippen LogP contribution in [-0.4, -0.2) is 17.3 Å². The normalized spacial score (nSPS) is 10.8. The van der Waals surface area contributed by atoms with E-state index in [2.05, 4.69) is 10.1 Å². The first-order valence-corrected chi connectivity index (χ1v) is 6.49. The van der Waals surface area contributed by atoms with Gasteiger partial charge in [0, 0.05) is 6.07 Å². The molecule has 108 valence electrons. The number of nitrogen functional groups attached to an aromatic ring is 1. The number of methoxy groups -OCH3 is 1. The van der Waals surface area contributed by atoms with Gasteiger partial charge < -0.3 is 19.4 Å². The summed E-state index contributed by atoms with van der Waals surface area (Å²) in [4.78, 5) is 4.35. The minimum absolute atomic E-state index is 0.296. The van der Waals surface area contributed by atoms with Gasteiger partial charge in [0.15, 0.2) is 0 Å². The summed E-state index contributed by atoms with van der Waals surface area (Å²) in [6.45, 7) is 1.83. The van der Waals surface area contributed by atoms with E-state index in [0.29, 0.717) is 39.5 Å². The summed E-state index contributed by atoms with van der Waals surface area (Å²) in [5.74, 6) is 1.95. The Kier molecular flexibility index (Phi) is 3.31. The predicted molar refractivity (Wildman–Crippen MR) is 78.1 cm³/mol. The van der Waals surface area contributed by atoms with E-state index in [-0.39, 0.29) is 0 Å². The summed E-state index contributed by atoms with van der Waals surface area (Å²) in [6.07, 6.45) is 1.57. The summed E-state index contributed by atoms with van der Waals surface area (Å²) in [5.41, 5.74) is 7.52. The third-order valence-corrected chi connectivity index (χ3v) is 3.40. The van der Waals surface area contributed by atoms with E-state index in [9.17, 15) is 0 Å². The van der Waals surface area contributed by atoms with Crippen LogP contribution in [0, 0.1) is 6.92 Å². The Morgan fingerprint density at radius 3 is 2.76 bits per heavy atom. The lowest BCUT2D eigenvalue weighted by Crippen LogP contribution is -1.93. The molecule has 0 spiro atoms. The van der Waals surface area contributed by atoms with Crippen LogP contribution in [0.25, 0.3) is 22.8 Å². The van der Waals surface area contributed by atoms with Gasteiger partial charge in [-0.15, -0.1) is 0 Å². The summed E-state index contributed by atoms with van der Waals surface area (Å²) < 4.78 is 15.8. The van der Waals surface area contributed by atoms with Crippen molar-refractivity contribution in [3.8, 4) is 28.6 Å². The number of nitrogens with zero attached hydrogens (tertiary/aromatic N) is 2. The first-order chi connectivity index (χ1) is 10.1. The number of rotatable bonds is 3. The van der Waals surface area contributed by atoms with Gasteiger partial charge in [0.1, 0.15) is 11.5 Å². The van der Waals surface area contributed by atoms with Crippen LogP contribution in [0.2, 0.25) is 5.02 Å². The number of benzene rings is 1. The Morgan fingerprint density at radius 2 is 2.10 bits per heavy atom. The van der Waals surface area contributed by atoms with Crippen molar-refractivity contribution in [3.63, 3.8) is 0 Å². The number of hydrogen-bond donors (Lipinski definition) is 1. The fourth-order valence-electron chi connectivity index (χ4n) is 1.96. The maximum atomic E-state index is 6.04. The van der Waals surface area contributed by atoms with Crippen LogP contribution in [0.1, 0.15) is 5.76 Å². The highest BCUT2D eigenvalue weighted by atomic mass is 35.5. The van der Waals surface area contributed by atoms with Crippen LogP contribution in [0.4, 0.5) is 5.69 Å². The fraction of sp³-hybridized carbons (Fsp3) is 0.143. The van der Waals surface area contributed by atoms with Crippen molar-refractivity contribution in [2.24, 2.45) is 0 Å². The molecule has 7 heteroatoms. The summed E-state index contributed by atoms with van der Waals surface area (Å²) >= 11 is 6.04. The van der Waals surface area contributed by atoms with E-state index in [1.807, 2.05) is 6.92 Å². The van der Waals surface area contributed by atoms with Gasteiger partial charge in [-0.3, -0.25) is 0 Å². The molecule has 6 nitrogen and oxygen atoms in total. The molecule has 0 fully saturated rings. The Morgan fingerprint density at radius 1 is 1.29 bits per heavy atom. The van der Waals surface area contributed by atoms with Crippen LogP contribution in [0.3, 0.4) is 0 Å². The number of ether oxygens (including phenoxy) is 1. The van der Waals surface area contributed by atoms with Crippen molar-refractivity contribution in [1.82, 2.24) is 10.1 Å². The molecule has 0 radical (unpaired) electrons. The Bertz CT molecular complexity index is 795. The molecule has 3 rings (SSSR count). The molecule has 2 aromatic heterocycles. The highest BCUT2D eigenvalue weighted by molar-refractivity contribution is 6.33. The predicted octanol–water partition coefficient (Wildman–Crippen LogP) is 3.55. The lowest BCUT2D eigenvalue weighted by atomic mass is 10.1. The average molecular weight is 306 g/mol. The van der Waals surface area contributed by atoms with Gasteiger partial charge in [0.05, 0.1) is 35.2 Å². The van der Waals surface area contributed by atoms with Crippen molar-refractivity contribution in [2.45, 2.75) is 6.92 Å². The van der Waals surface area contributed by atoms with Crippen LogP contribution in [-0.2, 0) is 0 Å². The van der Waals surface area contributed by atoms with Crippen LogP contribution < -0.4 is 10.5 Å². The number of aromatic nitrogens is 2. The molecule has 2 heterocycles. The van der Waals surface area contributed by atoms with E-state index in [1.165, 1.54) is 7.11 Å². The molecular weight excluding hydrogens is 294 g/mol. The third-order valence-electron chi connectivity index (χ3n) is 3.07. The highest BCUT2D eigenvalue weighted by Crippen LogP contribution is 2.36. The molecule has 1 aromatic carbocycles.